The first-order valence-corrected chi connectivity index (χ1v) is 5.51. The van der Waals surface area contributed by atoms with Crippen LogP contribution in [0.4, 0.5) is 5.69 Å². The first kappa shape index (κ1) is 16.1. The second-order valence-electron chi connectivity index (χ2n) is 2.70. The maximum Gasteiger partial charge on any atom is 0.150 e. The number of hydrogen-bond acceptors (Lipinski definition) is 2. The van der Waals surface area contributed by atoms with E-state index in [-0.39, 0.29) is 0 Å². The molecule has 0 aliphatic carbocycles. The molecule has 0 saturated carbocycles. The van der Waals surface area contributed by atoms with Crippen molar-refractivity contribution in [2.45, 2.75) is 34.1 Å². The van der Waals surface area contributed by atoms with Gasteiger partial charge in [0, 0.05) is 18.3 Å². The average molecular weight is 209 g/mol. The Morgan fingerprint density at radius 3 is 1.80 bits per heavy atom. The molecule has 2 heteroatoms. The van der Waals surface area contributed by atoms with Crippen LogP contribution < -0.4 is 5.32 Å². The lowest BCUT2D eigenvalue weighted by atomic mass is 10.2. The Morgan fingerprint density at radius 2 is 1.53 bits per heavy atom. The molecule has 1 aromatic carbocycles. The van der Waals surface area contributed by atoms with E-state index in [1.54, 1.807) is 12.1 Å². The van der Waals surface area contributed by atoms with Gasteiger partial charge in [-0.1, -0.05) is 34.1 Å². The SMILES string of the molecule is CC.CCC.CNc1ccc(C=O)cc1. The zero-order valence-electron chi connectivity index (χ0n) is 10.5. The number of carbonyl (C=O) groups excluding carboxylic acids is 1. The molecule has 0 aliphatic heterocycles. The van der Waals surface area contributed by atoms with Crippen molar-refractivity contribution in [3.05, 3.63) is 29.8 Å². The fraction of sp³-hybridized carbons (Fsp3) is 0.462. The van der Waals surface area contributed by atoms with Crippen molar-refractivity contribution in [2.24, 2.45) is 0 Å². The quantitative estimate of drug-likeness (QED) is 0.746. The highest BCUT2D eigenvalue weighted by atomic mass is 16.1. The first-order valence-electron chi connectivity index (χ1n) is 5.51. The molecular weight excluding hydrogens is 186 g/mol. The monoisotopic (exact) mass is 209 g/mol. The Bertz CT molecular complexity index is 229. The molecule has 0 spiro atoms. The molecule has 0 atom stereocenters. The molecule has 0 bridgehead atoms. The fourth-order valence-corrected chi connectivity index (χ4v) is 0.728. The van der Waals surface area contributed by atoms with E-state index in [4.69, 9.17) is 0 Å². The van der Waals surface area contributed by atoms with Crippen LogP contribution in [0.25, 0.3) is 0 Å². The van der Waals surface area contributed by atoms with E-state index >= 15 is 0 Å². The van der Waals surface area contributed by atoms with E-state index in [9.17, 15) is 4.79 Å². The minimum absolute atomic E-state index is 0.707. The number of carbonyl (C=O) groups is 1. The minimum atomic E-state index is 0.707. The molecule has 0 amide bonds. The van der Waals surface area contributed by atoms with Gasteiger partial charge in [-0.2, -0.15) is 0 Å². The van der Waals surface area contributed by atoms with Crippen LogP contribution in [-0.4, -0.2) is 13.3 Å². The van der Waals surface area contributed by atoms with E-state index < -0.39 is 0 Å². The number of nitrogens with one attached hydrogen (secondary N) is 1. The maximum absolute atomic E-state index is 10.2. The van der Waals surface area contributed by atoms with Crippen molar-refractivity contribution < 1.29 is 4.79 Å². The van der Waals surface area contributed by atoms with Crippen molar-refractivity contribution in [3.8, 4) is 0 Å². The molecule has 0 aliphatic rings. The van der Waals surface area contributed by atoms with Gasteiger partial charge < -0.3 is 5.32 Å². The summed E-state index contributed by atoms with van der Waals surface area (Å²) in [5.74, 6) is 0. The van der Waals surface area contributed by atoms with Gasteiger partial charge in [-0.15, -0.1) is 0 Å². The summed E-state index contributed by atoms with van der Waals surface area (Å²) in [5, 5.41) is 2.96. The number of anilines is 1. The van der Waals surface area contributed by atoms with E-state index in [0.717, 1.165) is 12.0 Å². The van der Waals surface area contributed by atoms with Gasteiger partial charge >= 0.3 is 0 Å². The predicted octanol–water partition coefficient (Wildman–Crippen LogP) is 3.98. The van der Waals surface area contributed by atoms with Gasteiger partial charge in [0.1, 0.15) is 6.29 Å². The zero-order chi connectivity index (χ0) is 12.1. The lowest BCUT2D eigenvalue weighted by Gasteiger charge is -1.97. The Morgan fingerprint density at radius 1 is 1.13 bits per heavy atom. The number of hydrogen-bond donors (Lipinski definition) is 1. The largest absolute Gasteiger partial charge is 0.388 e. The molecule has 0 radical (unpaired) electrons. The lowest BCUT2D eigenvalue weighted by molar-refractivity contribution is 0.112. The Balaban J connectivity index is 0. The molecule has 0 aromatic heterocycles. The van der Waals surface area contributed by atoms with Crippen LogP contribution in [-0.2, 0) is 0 Å². The van der Waals surface area contributed by atoms with Gasteiger partial charge in [-0.05, 0) is 24.3 Å². The van der Waals surface area contributed by atoms with Crippen LogP contribution in [0.5, 0.6) is 0 Å². The highest BCUT2D eigenvalue weighted by Crippen LogP contribution is 2.05. The van der Waals surface area contributed by atoms with Crippen molar-refractivity contribution >= 4 is 12.0 Å². The van der Waals surface area contributed by atoms with Gasteiger partial charge in [-0.25, -0.2) is 0 Å². The molecule has 1 N–H and O–H groups in total. The predicted molar refractivity (Wildman–Crippen MR) is 68.7 cm³/mol. The number of aldehydes is 1. The highest BCUT2D eigenvalue weighted by molar-refractivity contribution is 5.75. The van der Waals surface area contributed by atoms with Crippen molar-refractivity contribution in [1.29, 1.82) is 0 Å². The molecule has 86 valence electrons. The van der Waals surface area contributed by atoms with Crippen LogP contribution in [0, 0.1) is 0 Å². The second-order valence-corrected chi connectivity index (χ2v) is 2.70. The molecular formula is C13H23NO. The summed E-state index contributed by atoms with van der Waals surface area (Å²) in [7, 11) is 1.84. The van der Waals surface area contributed by atoms with Crippen LogP contribution in [0.15, 0.2) is 24.3 Å². The fourth-order valence-electron chi connectivity index (χ4n) is 0.728. The molecule has 1 rings (SSSR count). The van der Waals surface area contributed by atoms with Gasteiger partial charge in [0.15, 0.2) is 0 Å². The van der Waals surface area contributed by atoms with E-state index in [1.807, 2.05) is 33.0 Å². The summed E-state index contributed by atoms with van der Waals surface area (Å²) in [6.45, 7) is 8.25. The number of rotatable bonds is 2. The third kappa shape index (κ3) is 9.01. The van der Waals surface area contributed by atoms with Crippen molar-refractivity contribution in [3.63, 3.8) is 0 Å². The first-order chi connectivity index (χ1) is 7.28. The molecule has 0 unspecified atom stereocenters. The summed E-state index contributed by atoms with van der Waals surface area (Å²) in [6.07, 6.45) is 2.08. The van der Waals surface area contributed by atoms with E-state index in [2.05, 4.69) is 19.2 Å². The second kappa shape index (κ2) is 12.7. The Labute approximate surface area is 93.7 Å². The Hall–Kier alpha value is -1.31. The average Bonchev–Trinajstić information content (AvgIpc) is 2.33. The smallest absolute Gasteiger partial charge is 0.150 e. The van der Waals surface area contributed by atoms with Gasteiger partial charge in [0.25, 0.3) is 0 Å². The van der Waals surface area contributed by atoms with E-state index in [0.29, 0.717) is 5.56 Å². The minimum Gasteiger partial charge on any atom is -0.388 e. The highest BCUT2D eigenvalue weighted by Gasteiger charge is 1.87. The lowest BCUT2D eigenvalue weighted by Crippen LogP contribution is -1.87. The molecule has 15 heavy (non-hydrogen) atoms. The maximum atomic E-state index is 10.2. The normalized spacial score (nSPS) is 7.53. The van der Waals surface area contributed by atoms with Gasteiger partial charge in [-0.3, -0.25) is 4.79 Å². The van der Waals surface area contributed by atoms with Crippen LogP contribution in [0.1, 0.15) is 44.5 Å². The van der Waals surface area contributed by atoms with Gasteiger partial charge in [0.05, 0.1) is 0 Å². The van der Waals surface area contributed by atoms with E-state index in [1.165, 1.54) is 6.42 Å². The van der Waals surface area contributed by atoms with Gasteiger partial charge in [0.2, 0.25) is 0 Å². The zero-order valence-corrected chi connectivity index (χ0v) is 10.5. The Kier molecular flexibility index (Phi) is 13.6. The molecule has 0 fully saturated rings. The summed E-state index contributed by atoms with van der Waals surface area (Å²) in [5.41, 5.74) is 1.73. The van der Waals surface area contributed by atoms with Crippen molar-refractivity contribution in [2.75, 3.05) is 12.4 Å². The topological polar surface area (TPSA) is 29.1 Å². The number of benzene rings is 1. The summed E-state index contributed by atoms with van der Waals surface area (Å²) >= 11 is 0. The van der Waals surface area contributed by atoms with Crippen molar-refractivity contribution in [1.82, 2.24) is 0 Å². The molecule has 2 nitrogen and oxygen atoms in total. The summed E-state index contributed by atoms with van der Waals surface area (Å²) < 4.78 is 0. The molecule has 1 aromatic rings. The molecule has 0 saturated heterocycles. The third-order valence-corrected chi connectivity index (χ3v) is 1.34. The van der Waals surface area contributed by atoms with Crippen LogP contribution in [0.2, 0.25) is 0 Å². The summed E-state index contributed by atoms with van der Waals surface area (Å²) in [6, 6.07) is 7.28. The third-order valence-electron chi connectivity index (χ3n) is 1.34. The van der Waals surface area contributed by atoms with Crippen LogP contribution >= 0.6 is 0 Å². The van der Waals surface area contributed by atoms with Crippen LogP contribution in [0.3, 0.4) is 0 Å². The standard InChI is InChI=1S/C8H9NO.C3H8.C2H6/c1-9-8-4-2-7(6-10)3-5-8;1-3-2;1-2/h2-6,9H,1H3;3H2,1-2H3;1-2H3. The summed E-state index contributed by atoms with van der Waals surface area (Å²) in [4.78, 5) is 10.2. The molecule has 0 heterocycles.